The first-order chi connectivity index (χ1) is 15.1. The Balaban J connectivity index is 1.21. The van der Waals surface area contributed by atoms with Crippen LogP contribution in [0.5, 0.6) is 0 Å². The van der Waals surface area contributed by atoms with E-state index in [1.165, 1.54) is 4.90 Å². The van der Waals surface area contributed by atoms with Gasteiger partial charge < -0.3 is 9.47 Å². The topological polar surface area (TPSA) is 77.8 Å². The van der Waals surface area contributed by atoms with Crippen molar-refractivity contribution in [2.75, 3.05) is 32.7 Å². The number of amides is 1. The van der Waals surface area contributed by atoms with Crippen LogP contribution in [0.15, 0.2) is 53.3 Å². The molecule has 0 spiro atoms. The number of nitrogens with zero attached hydrogens (tertiary/aromatic N) is 2. The second kappa shape index (κ2) is 8.23. The lowest BCUT2D eigenvalue weighted by atomic mass is 9.83. The maximum absolute atomic E-state index is 12.9. The Hall–Kier alpha value is -3.06. The molecule has 7 heteroatoms. The molecule has 160 valence electrons. The predicted octanol–water partition coefficient (Wildman–Crippen LogP) is -1.82. The highest BCUT2D eigenvalue weighted by Crippen LogP contribution is 2.29. The van der Waals surface area contributed by atoms with Crippen molar-refractivity contribution in [2.24, 2.45) is 5.92 Å². The zero-order valence-electron chi connectivity index (χ0n) is 17.5. The molecule has 1 amide bonds. The Kier molecular flexibility index (Phi) is 5.28. The minimum absolute atomic E-state index is 0.00950. The number of ketones is 1. The van der Waals surface area contributed by atoms with Gasteiger partial charge in [-0.3, -0.25) is 14.6 Å². The summed E-state index contributed by atoms with van der Waals surface area (Å²) in [6, 6.07) is 15.3. The molecule has 2 N–H and O–H groups in total. The van der Waals surface area contributed by atoms with Crippen LogP contribution in [0.4, 0.5) is 0 Å². The van der Waals surface area contributed by atoms with Gasteiger partial charge >= 0.3 is 5.91 Å². The number of Topliss-reactive ketones (excluding diaryl/α,β-unsaturated/α-hetero) is 1. The minimum Gasteiger partial charge on any atom is -0.328 e. The Morgan fingerprint density at radius 3 is 2.74 bits per heavy atom. The third-order valence-electron chi connectivity index (χ3n) is 6.71. The minimum atomic E-state index is -0.137. The van der Waals surface area contributed by atoms with E-state index in [9.17, 15) is 14.4 Å². The summed E-state index contributed by atoms with van der Waals surface area (Å²) >= 11 is 0. The van der Waals surface area contributed by atoms with E-state index < -0.39 is 0 Å². The summed E-state index contributed by atoms with van der Waals surface area (Å²) in [7, 11) is 0. The van der Waals surface area contributed by atoms with Gasteiger partial charge in [0.1, 0.15) is 26.1 Å². The summed E-state index contributed by atoms with van der Waals surface area (Å²) in [4.78, 5) is 44.1. The van der Waals surface area contributed by atoms with Gasteiger partial charge in [0.15, 0.2) is 5.78 Å². The smallest absolute Gasteiger partial charge is 0.317 e. The van der Waals surface area contributed by atoms with E-state index in [-0.39, 0.29) is 23.7 Å². The first-order valence-corrected chi connectivity index (χ1v) is 11.1. The number of likely N-dealkylation sites (tertiary alicyclic amines) is 1. The monoisotopic (exact) mass is 420 g/mol. The van der Waals surface area contributed by atoms with Crippen LogP contribution in [-0.2, 0) is 16.1 Å². The molecule has 1 aromatic heterocycles. The van der Waals surface area contributed by atoms with Gasteiger partial charge in [-0.25, -0.2) is 4.79 Å². The quantitative estimate of drug-likeness (QED) is 0.560. The Morgan fingerprint density at radius 1 is 1.06 bits per heavy atom. The van der Waals surface area contributed by atoms with Crippen LogP contribution in [0.1, 0.15) is 30.0 Å². The molecule has 7 nitrogen and oxygen atoms in total. The molecule has 1 saturated heterocycles. The summed E-state index contributed by atoms with van der Waals surface area (Å²) in [5.41, 5.74) is 2.13. The summed E-state index contributed by atoms with van der Waals surface area (Å²) in [6.07, 6.45) is 1.02. The highest BCUT2D eigenvalue weighted by atomic mass is 16.2. The van der Waals surface area contributed by atoms with Gasteiger partial charge in [-0.2, -0.15) is 4.90 Å². The Bertz CT molecular complexity index is 1090. The fourth-order valence-electron chi connectivity index (χ4n) is 5.47. The fourth-order valence-corrected chi connectivity index (χ4v) is 5.47. The van der Waals surface area contributed by atoms with E-state index in [2.05, 4.69) is 4.99 Å². The number of carbonyl (C=O) groups is 2. The zero-order chi connectivity index (χ0) is 21.4. The average Bonchev–Trinajstić information content (AvgIpc) is 3.25. The van der Waals surface area contributed by atoms with Crippen molar-refractivity contribution in [3.8, 4) is 0 Å². The van der Waals surface area contributed by atoms with Gasteiger partial charge in [0.25, 0.3) is 11.4 Å². The molecular formula is C24H28N4O3+2. The van der Waals surface area contributed by atoms with Crippen molar-refractivity contribution in [1.29, 1.82) is 0 Å². The lowest BCUT2D eigenvalue weighted by Gasteiger charge is -2.40. The van der Waals surface area contributed by atoms with E-state index in [1.54, 1.807) is 11.0 Å². The molecule has 1 unspecified atom stereocenters. The van der Waals surface area contributed by atoms with Crippen molar-refractivity contribution in [2.45, 2.75) is 25.3 Å². The molecule has 1 fully saturated rings. The largest absolute Gasteiger partial charge is 0.328 e. The first-order valence-electron chi connectivity index (χ1n) is 11.1. The van der Waals surface area contributed by atoms with Crippen molar-refractivity contribution in [3.63, 3.8) is 0 Å². The maximum atomic E-state index is 12.9. The number of amidine groups is 1. The maximum Gasteiger partial charge on any atom is 0.317 e. The van der Waals surface area contributed by atoms with E-state index in [0.29, 0.717) is 31.5 Å². The van der Waals surface area contributed by atoms with Crippen molar-refractivity contribution in [1.82, 2.24) is 9.47 Å². The standard InChI is InChI=1S/C24H26N4O3/c29-20(12-23(31)27-10-9-25-24(27)18-5-2-1-3-6-18)16-26-13-17-11-19(15-26)21-7-4-8-22(30)28(21)14-17/h1-8,17,19H,9-16H2/p+2/t17-,19+/m0/s1. The molecular weight excluding hydrogens is 392 g/mol. The summed E-state index contributed by atoms with van der Waals surface area (Å²) in [5.74, 6) is 1.36. The third-order valence-corrected chi connectivity index (χ3v) is 6.71. The fraction of sp³-hybridized carbons (Fsp3) is 0.417. The number of carbonyl (C=O) groups excluding carboxylic acids is 2. The zero-order valence-corrected chi connectivity index (χ0v) is 17.5. The van der Waals surface area contributed by atoms with Crippen molar-refractivity contribution in [3.05, 3.63) is 70.1 Å². The molecule has 3 atom stereocenters. The normalized spacial score (nSPS) is 24.5. The van der Waals surface area contributed by atoms with E-state index in [0.717, 1.165) is 43.1 Å². The van der Waals surface area contributed by atoms with E-state index in [1.807, 2.05) is 47.0 Å². The van der Waals surface area contributed by atoms with Gasteiger partial charge in [0.2, 0.25) is 0 Å². The molecule has 2 bridgehead atoms. The lowest BCUT2D eigenvalue weighted by Crippen LogP contribution is -3.15. The molecule has 3 aliphatic heterocycles. The highest BCUT2D eigenvalue weighted by molar-refractivity contribution is 6.10. The number of hydrogen-bond acceptors (Lipinski definition) is 3. The summed E-state index contributed by atoms with van der Waals surface area (Å²) in [5, 5.41) is 0. The number of aromatic nitrogens is 1. The summed E-state index contributed by atoms with van der Waals surface area (Å²) in [6.45, 7) is 4.11. The van der Waals surface area contributed by atoms with Crippen LogP contribution < -0.4 is 15.5 Å². The van der Waals surface area contributed by atoms with Crippen LogP contribution in [0.2, 0.25) is 0 Å². The molecule has 0 aliphatic carbocycles. The van der Waals surface area contributed by atoms with Gasteiger partial charge in [0.05, 0.1) is 18.7 Å². The SMILES string of the molecule is O=C(CC(=O)N1CC[NH+]=C1c1ccccc1)C[NH+]1C[C@@H]2C[C@H](C1)c1cccc(=O)n1C2. The molecule has 5 rings (SSSR count). The molecule has 4 heterocycles. The molecule has 0 radical (unpaired) electrons. The molecule has 0 saturated carbocycles. The van der Waals surface area contributed by atoms with Crippen LogP contribution in [0, 0.1) is 5.92 Å². The number of rotatable bonds is 5. The van der Waals surface area contributed by atoms with Crippen LogP contribution in [0.25, 0.3) is 0 Å². The Morgan fingerprint density at radius 2 is 1.90 bits per heavy atom. The number of piperidine rings is 1. The second-order valence-corrected chi connectivity index (χ2v) is 8.94. The number of fused-ring (bicyclic) bond motifs is 4. The molecule has 31 heavy (non-hydrogen) atoms. The predicted molar refractivity (Wildman–Crippen MR) is 115 cm³/mol. The van der Waals surface area contributed by atoms with Gasteiger partial charge in [0, 0.05) is 30.1 Å². The molecule has 1 aromatic carbocycles. The van der Waals surface area contributed by atoms with Crippen LogP contribution in [0.3, 0.4) is 0 Å². The first kappa shape index (κ1) is 19.9. The number of nitrogens with one attached hydrogen (secondary N) is 2. The van der Waals surface area contributed by atoms with Gasteiger partial charge in [-0.05, 0) is 24.6 Å². The number of pyridine rings is 1. The van der Waals surface area contributed by atoms with Crippen LogP contribution in [-0.4, -0.2) is 59.7 Å². The second-order valence-electron chi connectivity index (χ2n) is 8.94. The summed E-state index contributed by atoms with van der Waals surface area (Å²) < 4.78 is 1.91. The van der Waals surface area contributed by atoms with E-state index in [4.69, 9.17) is 0 Å². The Labute approximate surface area is 181 Å². The van der Waals surface area contributed by atoms with Gasteiger partial charge in [-0.15, -0.1) is 0 Å². The number of hydrogen-bond donors (Lipinski definition) is 2. The number of benzene rings is 1. The van der Waals surface area contributed by atoms with Crippen molar-refractivity contribution >= 4 is 17.5 Å². The highest BCUT2D eigenvalue weighted by Gasteiger charge is 2.39. The number of quaternary nitrogens is 1. The van der Waals surface area contributed by atoms with E-state index >= 15 is 0 Å². The van der Waals surface area contributed by atoms with Crippen LogP contribution >= 0.6 is 0 Å². The molecule has 3 aliphatic rings. The van der Waals surface area contributed by atoms with Crippen molar-refractivity contribution < 1.29 is 19.5 Å². The van der Waals surface area contributed by atoms with Gasteiger partial charge in [-0.1, -0.05) is 24.3 Å². The average molecular weight is 421 g/mol. The lowest BCUT2D eigenvalue weighted by molar-refractivity contribution is -0.903. The molecule has 2 aromatic rings. The third kappa shape index (κ3) is 3.97.